The lowest BCUT2D eigenvalue weighted by Gasteiger charge is -2.49. The highest BCUT2D eigenvalue weighted by atomic mass is 16.5. The number of rotatable bonds is 15. The molecule has 20 nitrogen and oxygen atoms in total. The molecule has 6 heterocycles. The van der Waals surface area contributed by atoms with Crippen molar-refractivity contribution in [2.45, 2.75) is 82.7 Å². The molecule has 1 aliphatic carbocycles. The fraction of sp³-hybridized carbons (Fsp3) is 0.418. The van der Waals surface area contributed by atoms with E-state index in [4.69, 9.17) is 25.2 Å². The van der Waals surface area contributed by atoms with Gasteiger partial charge >= 0.3 is 6.03 Å². The largest absolute Gasteiger partial charge is 0.495 e. The van der Waals surface area contributed by atoms with Gasteiger partial charge in [0, 0.05) is 112 Å². The second kappa shape index (κ2) is 20.9. The van der Waals surface area contributed by atoms with Crippen LogP contribution in [-0.4, -0.2) is 148 Å². The number of amides is 6. The summed E-state index contributed by atoms with van der Waals surface area (Å²) in [6, 6.07) is 22.7. The fourth-order valence-corrected chi connectivity index (χ4v) is 11.0. The molecule has 75 heavy (non-hydrogen) atoms. The third-order valence-corrected chi connectivity index (χ3v) is 15.2. The molecule has 4 aliphatic rings. The Kier molecular flexibility index (Phi) is 14.2. The number of benzene rings is 3. The number of hydrogen-bond donors (Lipinski definition) is 4. The van der Waals surface area contributed by atoms with Gasteiger partial charge in [-0.3, -0.25) is 33.8 Å². The van der Waals surface area contributed by atoms with Gasteiger partial charge in [0.1, 0.15) is 23.5 Å². The summed E-state index contributed by atoms with van der Waals surface area (Å²) in [7, 11) is 3.23. The number of pyridine rings is 1. The number of fused-ring (bicyclic) bond motifs is 2. The average molecular weight is 1020 g/mol. The minimum absolute atomic E-state index is 0.0155. The van der Waals surface area contributed by atoms with Gasteiger partial charge in [-0.2, -0.15) is 0 Å². The van der Waals surface area contributed by atoms with Crippen molar-refractivity contribution in [1.82, 2.24) is 44.9 Å². The van der Waals surface area contributed by atoms with Gasteiger partial charge in [-0.15, -0.1) is 0 Å². The number of nitrogens with one attached hydrogen (secondary N) is 3. The van der Waals surface area contributed by atoms with E-state index in [2.05, 4.69) is 57.5 Å². The molecule has 0 radical (unpaired) electrons. The predicted molar refractivity (Wildman–Crippen MR) is 283 cm³/mol. The number of nitrogens with zero attached hydrogens (tertiary/aromatic N) is 8. The minimum atomic E-state index is -1.07. The molecule has 10 rings (SSSR count). The molecule has 20 heteroatoms. The van der Waals surface area contributed by atoms with E-state index < -0.39 is 23.4 Å². The van der Waals surface area contributed by atoms with Crippen LogP contribution in [0.15, 0.2) is 90.0 Å². The minimum Gasteiger partial charge on any atom is -0.495 e. The van der Waals surface area contributed by atoms with Gasteiger partial charge in [-0.1, -0.05) is 36.4 Å². The van der Waals surface area contributed by atoms with Crippen molar-refractivity contribution in [3.8, 4) is 16.9 Å². The Morgan fingerprint density at radius 1 is 0.880 bits per heavy atom. The van der Waals surface area contributed by atoms with Gasteiger partial charge in [0.2, 0.25) is 23.7 Å². The van der Waals surface area contributed by atoms with E-state index in [0.29, 0.717) is 60.3 Å². The highest BCUT2D eigenvalue weighted by Crippen LogP contribution is 2.43. The molecular weight excluding hydrogens is 957 g/mol. The van der Waals surface area contributed by atoms with Gasteiger partial charge in [0.15, 0.2) is 0 Å². The van der Waals surface area contributed by atoms with E-state index in [0.717, 1.165) is 63.6 Å². The van der Waals surface area contributed by atoms with Crippen LogP contribution in [0.25, 0.3) is 32.9 Å². The van der Waals surface area contributed by atoms with E-state index in [1.54, 1.807) is 36.0 Å². The number of aromatic amines is 1. The van der Waals surface area contributed by atoms with E-state index in [1.165, 1.54) is 18.9 Å². The zero-order chi connectivity index (χ0) is 52.7. The monoisotopic (exact) mass is 1020 g/mol. The number of anilines is 2. The summed E-state index contributed by atoms with van der Waals surface area (Å²) in [5, 5.41) is 6.55. The standard InChI is InChI=1S/C55H64N12O8/c1-33-29-66(51(71)37-12-16-46(74-5)45(26-37)64-24-20-48(70)67(54(64)73)32-59-47(69)27-58-35(3)68)34(2)28-65(33)39-18-22-63(23-19-39)53-60-44-15-11-36(43-30-62(4)52(72)49-41(43)17-21-57-49)25-42(44)50(61-53)55(31-56,75-40-13-14-40)38-9-7-6-8-10-38/h6-12,15-17,21,25-26,30,33-34,39-40,57H,13-14,18-20,22-24,27-29,31-32,56H2,1-5H3,(H,58,68)(H,59,69)/t33-,34+,55-/m0/s1. The Morgan fingerprint density at radius 3 is 2.37 bits per heavy atom. The molecule has 3 saturated heterocycles. The Balaban J connectivity index is 0.867. The molecule has 5 N–H and O–H groups in total. The molecule has 0 bridgehead atoms. The number of carbonyl (C=O) groups is 5. The Hall–Kier alpha value is -7.68. The highest BCUT2D eigenvalue weighted by Gasteiger charge is 2.44. The van der Waals surface area contributed by atoms with Crippen molar-refractivity contribution in [2.24, 2.45) is 12.8 Å². The van der Waals surface area contributed by atoms with Gasteiger partial charge < -0.3 is 45.2 Å². The third-order valence-electron chi connectivity index (χ3n) is 15.2. The van der Waals surface area contributed by atoms with Crippen LogP contribution in [0.4, 0.5) is 16.4 Å². The van der Waals surface area contributed by atoms with Crippen molar-refractivity contribution in [3.05, 3.63) is 112 Å². The summed E-state index contributed by atoms with van der Waals surface area (Å²) in [5.41, 5.74) is 11.1. The number of piperidine rings is 1. The van der Waals surface area contributed by atoms with Gasteiger partial charge in [0.05, 0.1) is 36.7 Å². The molecular formula is C55H64N12O8. The maximum Gasteiger partial charge on any atom is 0.332 e. The molecule has 1 saturated carbocycles. The second-order valence-corrected chi connectivity index (χ2v) is 20.2. The van der Waals surface area contributed by atoms with Crippen molar-refractivity contribution in [1.29, 1.82) is 0 Å². The van der Waals surface area contributed by atoms with Crippen LogP contribution in [0.3, 0.4) is 0 Å². The van der Waals surface area contributed by atoms with Gasteiger partial charge in [0.25, 0.3) is 11.5 Å². The average Bonchev–Trinajstić information content (AvgIpc) is 4.11. The number of piperazine rings is 1. The van der Waals surface area contributed by atoms with E-state index >= 15 is 0 Å². The quantitative estimate of drug-likeness (QED) is 0.112. The van der Waals surface area contributed by atoms with Crippen molar-refractivity contribution < 1.29 is 33.4 Å². The normalized spacial score (nSPS) is 19.7. The molecule has 392 valence electrons. The van der Waals surface area contributed by atoms with Crippen LogP contribution in [0.2, 0.25) is 0 Å². The summed E-state index contributed by atoms with van der Waals surface area (Å²) >= 11 is 0. The molecule has 0 spiro atoms. The third kappa shape index (κ3) is 9.92. The van der Waals surface area contributed by atoms with Crippen molar-refractivity contribution in [2.75, 3.05) is 69.4 Å². The van der Waals surface area contributed by atoms with Gasteiger partial charge in [-0.05, 0) is 87.1 Å². The molecule has 3 atom stereocenters. The number of urea groups is 1. The van der Waals surface area contributed by atoms with E-state index in [9.17, 15) is 28.8 Å². The first-order chi connectivity index (χ1) is 36.2. The SMILES string of the molecule is COc1ccc(C(=O)N2C[C@H](C)N(C3CCN(c4nc([C@@](CN)(OC5CC5)c5ccccc5)c5cc(-c6cn(C)c(=O)c7[nH]ccc67)ccc5n4)CC3)C[C@H]2C)cc1N1CCC(=O)N(CNC(=O)CNC(C)=O)C1=O. The number of hydrogen-bond acceptors (Lipinski definition) is 13. The van der Waals surface area contributed by atoms with Crippen LogP contribution in [0, 0.1) is 0 Å². The maximum atomic E-state index is 14.5. The lowest BCUT2D eigenvalue weighted by atomic mass is 9.86. The molecule has 6 aromatic rings. The van der Waals surface area contributed by atoms with Crippen LogP contribution in [0.1, 0.15) is 74.5 Å². The number of methoxy groups -OCH3 is 1. The molecule has 0 unspecified atom stereocenters. The molecule has 3 aromatic heterocycles. The van der Waals surface area contributed by atoms with Crippen LogP contribution in [0.5, 0.6) is 5.75 Å². The van der Waals surface area contributed by atoms with Crippen molar-refractivity contribution in [3.63, 3.8) is 0 Å². The summed E-state index contributed by atoms with van der Waals surface area (Å²) in [6.07, 6.45) is 7.26. The Morgan fingerprint density at radius 2 is 1.65 bits per heavy atom. The fourth-order valence-electron chi connectivity index (χ4n) is 11.0. The Labute approximate surface area is 434 Å². The Bertz CT molecular complexity index is 3240. The first-order valence-corrected chi connectivity index (χ1v) is 25.7. The first kappa shape index (κ1) is 50.8. The van der Waals surface area contributed by atoms with E-state index in [-0.39, 0.29) is 74.3 Å². The molecule has 6 amide bonds. The number of aryl methyl sites for hydroxylation is 1. The number of nitrogens with two attached hydrogens (primary N) is 1. The summed E-state index contributed by atoms with van der Waals surface area (Å²) in [6.45, 7) is 7.58. The summed E-state index contributed by atoms with van der Waals surface area (Å²) in [5.74, 6) is -0.648. The van der Waals surface area contributed by atoms with Crippen LogP contribution in [-0.2, 0) is 31.8 Å². The van der Waals surface area contributed by atoms with Crippen LogP contribution < -0.4 is 36.5 Å². The van der Waals surface area contributed by atoms with E-state index in [1.807, 2.05) is 47.5 Å². The topological polar surface area (TPSA) is 234 Å². The lowest BCUT2D eigenvalue weighted by Crippen LogP contribution is -2.61. The van der Waals surface area contributed by atoms with Crippen LogP contribution >= 0.6 is 0 Å². The number of imide groups is 1. The number of H-pyrrole nitrogens is 1. The zero-order valence-corrected chi connectivity index (χ0v) is 43.0. The molecule has 3 aromatic carbocycles. The molecule has 3 aliphatic heterocycles. The smallest absolute Gasteiger partial charge is 0.332 e. The second-order valence-electron chi connectivity index (χ2n) is 20.2. The zero-order valence-electron chi connectivity index (χ0n) is 43.0. The lowest BCUT2D eigenvalue weighted by molar-refractivity contribution is -0.130. The number of aromatic nitrogens is 4. The summed E-state index contributed by atoms with van der Waals surface area (Å²) < 4.78 is 14.3. The first-order valence-electron chi connectivity index (χ1n) is 25.7. The number of carbonyl (C=O) groups excluding carboxylic acids is 5. The molecule has 4 fully saturated rings. The number of ether oxygens (including phenoxy) is 2. The predicted octanol–water partition coefficient (Wildman–Crippen LogP) is 4.44. The maximum absolute atomic E-state index is 14.5. The summed E-state index contributed by atoms with van der Waals surface area (Å²) in [4.78, 5) is 101. The van der Waals surface area contributed by atoms with Gasteiger partial charge in [-0.25, -0.2) is 19.7 Å². The van der Waals surface area contributed by atoms with Crippen molar-refractivity contribution >= 4 is 63.1 Å². The highest BCUT2D eigenvalue weighted by molar-refractivity contribution is 6.07.